The third-order valence-electron chi connectivity index (χ3n) is 4.95. The molecule has 0 spiro atoms. The highest BCUT2D eigenvalue weighted by atomic mass is 32.2. The number of amides is 1. The highest BCUT2D eigenvalue weighted by Crippen LogP contribution is 2.23. The standard InChI is InChI=1S/C22H27FN2O5S/c1-2-21(30-19-7-5-17(23)6-8-19)22(26)24-13-16-29-18-9-11-20(12-10-18)31(27,28)25-14-3-4-15-25/h5-12,21H,2-4,13-16H2,1H3,(H,24,26). The molecule has 0 bridgehead atoms. The summed E-state index contributed by atoms with van der Waals surface area (Å²) in [5.74, 6) is 0.277. The lowest BCUT2D eigenvalue weighted by atomic mass is 10.2. The molecule has 0 saturated carbocycles. The van der Waals surface area contributed by atoms with Crippen LogP contribution in [0.1, 0.15) is 26.2 Å². The first-order valence-electron chi connectivity index (χ1n) is 10.3. The Morgan fingerprint density at radius 3 is 2.29 bits per heavy atom. The fourth-order valence-corrected chi connectivity index (χ4v) is 4.76. The molecule has 1 amide bonds. The normalized spacial score (nSPS) is 15.4. The maximum atomic E-state index is 13.0. The number of nitrogens with zero attached hydrogens (tertiary/aromatic N) is 1. The molecule has 1 N–H and O–H groups in total. The summed E-state index contributed by atoms with van der Waals surface area (Å²) in [7, 11) is -3.45. The van der Waals surface area contributed by atoms with E-state index in [4.69, 9.17) is 9.47 Å². The van der Waals surface area contributed by atoms with Gasteiger partial charge in [0.2, 0.25) is 10.0 Å². The van der Waals surface area contributed by atoms with Crippen molar-refractivity contribution in [2.24, 2.45) is 0 Å². The summed E-state index contributed by atoms with van der Waals surface area (Å²) in [6.07, 6.45) is 1.54. The minimum absolute atomic E-state index is 0.219. The van der Waals surface area contributed by atoms with Crippen molar-refractivity contribution < 1.29 is 27.1 Å². The minimum Gasteiger partial charge on any atom is -0.492 e. The van der Waals surface area contributed by atoms with E-state index in [0.717, 1.165) is 12.8 Å². The summed E-state index contributed by atoms with van der Waals surface area (Å²) < 4.78 is 50.7. The lowest BCUT2D eigenvalue weighted by Gasteiger charge is -2.17. The van der Waals surface area contributed by atoms with E-state index in [0.29, 0.717) is 31.0 Å². The van der Waals surface area contributed by atoms with Gasteiger partial charge >= 0.3 is 0 Å². The SMILES string of the molecule is CCC(Oc1ccc(F)cc1)C(=O)NCCOc1ccc(S(=O)(=O)N2CCCC2)cc1. The zero-order valence-electron chi connectivity index (χ0n) is 17.4. The number of sulfonamides is 1. The predicted octanol–water partition coefficient (Wildman–Crippen LogP) is 2.96. The zero-order chi connectivity index (χ0) is 22.3. The van der Waals surface area contributed by atoms with Gasteiger partial charge in [0.25, 0.3) is 5.91 Å². The van der Waals surface area contributed by atoms with E-state index in [-0.39, 0.29) is 29.8 Å². The minimum atomic E-state index is -3.45. The highest BCUT2D eigenvalue weighted by Gasteiger charge is 2.27. The summed E-state index contributed by atoms with van der Waals surface area (Å²) in [6.45, 7) is 3.42. The predicted molar refractivity (Wildman–Crippen MR) is 114 cm³/mol. The van der Waals surface area contributed by atoms with Gasteiger partial charge in [0, 0.05) is 13.1 Å². The summed E-state index contributed by atoms with van der Waals surface area (Å²) in [6, 6.07) is 11.8. The molecule has 1 aliphatic rings. The first-order valence-corrected chi connectivity index (χ1v) is 11.8. The van der Waals surface area contributed by atoms with Crippen molar-refractivity contribution >= 4 is 15.9 Å². The van der Waals surface area contributed by atoms with Crippen molar-refractivity contribution in [1.82, 2.24) is 9.62 Å². The molecule has 1 saturated heterocycles. The fourth-order valence-electron chi connectivity index (χ4n) is 3.24. The van der Waals surface area contributed by atoms with E-state index in [9.17, 15) is 17.6 Å². The molecule has 7 nitrogen and oxygen atoms in total. The van der Waals surface area contributed by atoms with Crippen molar-refractivity contribution in [1.29, 1.82) is 0 Å². The van der Waals surface area contributed by atoms with Gasteiger partial charge in [0.05, 0.1) is 11.4 Å². The van der Waals surface area contributed by atoms with Crippen LogP contribution in [0.2, 0.25) is 0 Å². The van der Waals surface area contributed by atoms with E-state index in [1.54, 1.807) is 12.1 Å². The van der Waals surface area contributed by atoms with Gasteiger partial charge in [-0.1, -0.05) is 6.92 Å². The number of carbonyl (C=O) groups excluding carboxylic acids is 1. The number of carbonyl (C=O) groups is 1. The lowest BCUT2D eigenvalue weighted by Crippen LogP contribution is -2.39. The molecule has 168 valence electrons. The van der Waals surface area contributed by atoms with E-state index < -0.39 is 16.1 Å². The van der Waals surface area contributed by atoms with Gasteiger partial charge in [0.1, 0.15) is 23.9 Å². The largest absolute Gasteiger partial charge is 0.492 e. The number of ether oxygens (including phenoxy) is 2. The molecule has 1 unspecified atom stereocenters. The monoisotopic (exact) mass is 450 g/mol. The van der Waals surface area contributed by atoms with Gasteiger partial charge in [-0.25, -0.2) is 12.8 Å². The van der Waals surface area contributed by atoms with E-state index in [1.807, 2.05) is 6.92 Å². The third-order valence-corrected chi connectivity index (χ3v) is 6.86. The summed E-state index contributed by atoms with van der Waals surface area (Å²) in [5.41, 5.74) is 0. The number of hydrogen-bond donors (Lipinski definition) is 1. The Labute approximate surface area is 182 Å². The van der Waals surface area contributed by atoms with Gasteiger partial charge in [-0.15, -0.1) is 0 Å². The first kappa shape index (κ1) is 23.0. The van der Waals surface area contributed by atoms with Crippen LogP contribution in [-0.4, -0.2) is 51.0 Å². The molecule has 9 heteroatoms. The summed E-state index contributed by atoms with van der Waals surface area (Å²) in [4.78, 5) is 12.5. The van der Waals surface area contributed by atoms with Crippen molar-refractivity contribution in [3.05, 3.63) is 54.3 Å². The second kappa shape index (κ2) is 10.6. The van der Waals surface area contributed by atoms with Crippen LogP contribution < -0.4 is 14.8 Å². The van der Waals surface area contributed by atoms with Crippen LogP contribution in [0, 0.1) is 5.82 Å². The zero-order valence-corrected chi connectivity index (χ0v) is 18.2. The Kier molecular flexibility index (Phi) is 7.86. The molecule has 2 aromatic carbocycles. The van der Waals surface area contributed by atoms with Crippen molar-refractivity contribution in [2.45, 2.75) is 37.2 Å². The number of benzene rings is 2. The lowest BCUT2D eigenvalue weighted by molar-refractivity contribution is -0.128. The second-order valence-electron chi connectivity index (χ2n) is 7.19. The van der Waals surface area contributed by atoms with Crippen LogP contribution in [0.3, 0.4) is 0 Å². The number of halogens is 1. The molecule has 3 rings (SSSR count). The molecule has 0 aromatic heterocycles. The Morgan fingerprint density at radius 1 is 1.06 bits per heavy atom. The molecule has 0 aliphatic carbocycles. The van der Waals surface area contributed by atoms with E-state index >= 15 is 0 Å². The average molecular weight is 451 g/mol. The Morgan fingerprint density at radius 2 is 1.68 bits per heavy atom. The van der Waals surface area contributed by atoms with Gasteiger partial charge in [-0.2, -0.15) is 4.31 Å². The van der Waals surface area contributed by atoms with Gasteiger partial charge in [0.15, 0.2) is 6.10 Å². The van der Waals surface area contributed by atoms with E-state index in [1.165, 1.54) is 40.7 Å². The Bertz CT molecular complexity index is 958. The van der Waals surface area contributed by atoms with Crippen LogP contribution >= 0.6 is 0 Å². The van der Waals surface area contributed by atoms with Gasteiger partial charge in [-0.05, 0) is 67.8 Å². The number of rotatable bonds is 10. The van der Waals surface area contributed by atoms with Crippen LogP contribution in [0.5, 0.6) is 11.5 Å². The van der Waals surface area contributed by atoms with Crippen molar-refractivity contribution in [2.75, 3.05) is 26.2 Å². The van der Waals surface area contributed by atoms with Crippen molar-refractivity contribution in [3.8, 4) is 11.5 Å². The molecule has 2 aromatic rings. The topological polar surface area (TPSA) is 84.9 Å². The fraction of sp³-hybridized carbons (Fsp3) is 0.409. The van der Waals surface area contributed by atoms with Gasteiger partial charge in [-0.3, -0.25) is 4.79 Å². The summed E-state index contributed by atoms with van der Waals surface area (Å²) in [5, 5.41) is 2.74. The third kappa shape index (κ3) is 6.18. The second-order valence-corrected chi connectivity index (χ2v) is 9.13. The molecule has 1 fully saturated rings. The Hall–Kier alpha value is -2.65. The van der Waals surface area contributed by atoms with Crippen molar-refractivity contribution in [3.63, 3.8) is 0 Å². The number of hydrogen-bond acceptors (Lipinski definition) is 5. The van der Waals surface area contributed by atoms with Crippen LogP contribution in [0.4, 0.5) is 4.39 Å². The first-order chi connectivity index (χ1) is 14.9. The average Bonchev–Trinajstić information content (AvgIpc) is 3.32. The molecule has 1 heterocycles. The smallest absolute Gasteiger partial charge is 0.261 e. The quantitative estimate of drug-likeness (QED) is 0.563. The molecule has 0 radical (unpaired) electrons. The molecule has 31 heavy (non-hydrogen) atoms. The highest BCUT2D eigenvalue weighted by molar-refractivity contribution is 7.89. The van der Waals surface area contributed by atoms with Crippen LogP contribution in [0.15, 0.2) is 53.4 Å². The maximum Gasteiger partial charge on any atom is 0.261 e. The molecule has 1 atom stereocenters. The van der Waals surface area contributed by atoms with E-state index in [2.05, 4.69) is 5.32 Å². The summed E-state index contributed by atoms with van der Waals surface area (Å²) >= 11 is 0. The molecular weight excluding hydrogens is 423 g/mol. The Balaban J connectivity index is 1.44. The van der Waals surface area contributed by atoms with Gasteiger partial charge < -0.3 is 14.8 Å². The van der Waals surface area contributed by atoms with Crippen LogP contribution in [-0.2, 0) is 14.8 Å². The number of nitrogens with one attached hydrogen (secondary N) is 1. The van der Waals surface area contributed by atoms with Crippen LogP contribution in [0.25, 0.3) is 0 Å². The maximum absolute atomic E-state index is 13.0. The molecule has 1 aliphatic heterocycles. The molecular formula is C22H27FN2O5S.